The van der Waals surface area contributed by atoms with Gasteiger partial charge in [-0.15, -0.1) is 12.6 Å². The minimum Gasteiger partial charge on any atom is -0.496 e. The van der Waals surface area contributed by atoms with Gasteiger partial charge in [0.05, 0.1) is 7.11 Å². The number of benzene rings is 1. The molecule has 13 heavy (non-hydrogen) atoms. The van der Waals surface area contributed by atoms with E-state index >= 15 is 0 Å². The summed E-state index contributed by atoms with van der Waals surface area (Å²) in [5.41, 5.74) is 6.88. The molecule has 3 heteroatoms. The van der Waals surface area contributed by atoms with E-state index in [9.17, 15) is 0 Å². The summed E-state index contributed by atoms with van der Waals surface area (Å²) in [5.74, 6) is 0.803. The Bertz CT molecular complexity index is 286. The van der Waals surface area contributed by atoms with Gasteiger partial charge in [-0.1, -0.05) is 6.07 Å². The number of hydrogen-bond acceptors (Lipinski definition) is 3. The van der Waals surface area contributed by atoms with Crippen LogP contribution in [0.25, 0.3) is 0 Å². The van der Waals surface area contributed by atoms with Crippen molar-refractivity contribution in [3.63, 3.8) is 0 Å². The van der Waals surface area contributed by atoms with Crippen LogP contribution in [0.5, 0.6) is 5.75 Å². The zero-order chi connectivity index (χ0) is 9.84. The smallest absolute Gasteiger partial charge is 0.132 e. The van der Waals surface area contributed by atoms with E-state index in [-0.39, 0.29) is 6.04 Å². The van der Waals surface area contributed by atoms with Gasteiger partial charge in [-0.2, -0.15) is 0 Å². The lowest BCUT2D eigenvalue weighted by Crippen LogP contribution is -2.17. The standard InChI is InChI=1S/C10H15NOS/c1-7(11)5-8-3-4-9(12-2)10(13)6-8/h3-4,6-7,13H,5,11H2,1-2H3/t7-/m1/s1. The lowest BCUT2D eigenvalue weighted by atomic mass is 10.1. The number of thiol groups is 1. The second-order valence-electron chi connectivity index (χ2n) is 3.19. The Kier molecular flexibility index (Phi) is 3.63. The van der Waals surface area contributed by atoms with E-state index in [1.807, 2.05) is 25.1 Å². The van der Waals surface area contributed by atoms with Crippen LogP contribution in [0.2, 0.25) is 0 Å². The van der Waals surface area contributed by atoms with Gasteiger partial charge in [0.2, 0.25) is 0 Å². The highest BCUT2D eigenvalue weighted by molar-refractivity contribution is 7.80. The molecule has 0 aliphatic carbocycles. The van der Waals surface area contributed by atoms with Gasteiger partial charge < -0.3 is 10.5 Å². The van der Waals surface area contributed by atoms with Crippen molar-refractivity contribution < 1.29 is 4.74 Å². The quantitative estimate of drug-likeness (QED) is 0.726. The molecule has 0 heterocycles. The Morgan fingerprint density at radius 3 is 2.69 bits per heavy atom. The second kappa shape index (κ2) is 4.53. The van der Waals surface area contributed by atoms with E-state index in [2.05, 4.69) is 12.6 Å². The third-order valence-corrected chi connectivity index (χ3v) is 2.15. The molecule has 2 N–H and O–H groups in total. The van der Waals surface area contributed by atoms with E-state index in [0.29, 0.717) is 0 Å². The Hall–Kier alpha value is -0.670. The summed E-state index contributed by atoms with van der Waals surface area (Å²) in [6, 6.07) is 6.11. The molecule has 0 fully saturated rings. The first-order valence-electron chi connectivity index (χ1n) is 4.25. The third kappa shape index (κ3) is 2.94. The molecule has 0 amide bonds. The molecule has 0 aromatic heterocycles. The average molecular weight is 197 g/mol. The van der Waals surface area contributed by atoms with Gasteiger partial charge in [-0.3, -0.25) is 0 Å². The van der Waals surface area contributed by atoms with Crippen molar-refractivity contribution in [1.82, 2.24) is 0 Å². The molecule has 1 aromatic carbocycles. The predicted molar refractivity (Wildman–Crippen MR) is 57.6 cm³/mol. The molecular formula is C10H15NOS. The first-order valence-corrected chi connectivity index (χ1v) is 4.69. The van der Waals surface area contributed by atoms with Gasteiger partial charge in [-0.05, 0) is 31.0 Å². The monoisotopic (exact) mass is 197 g/mol. The molecule has 0 radical (unpaired) electrons. The number of nitrogens with two attached hydrogens (primary N) is 1. The van der Waals surface area contributed by atoms with Crippen molar-refractivity contribution in [3.05, 3.63) is 23.8 Å². The second-order valence-corrected chi connectivity index (χ2v) is 3.67. The fraction of sp³-hybridized carbons (Fsp3) is 0.400. The van der Waals surface area contributed by atoms with Crippen LogP contribution in [-0.4, -0.2) is 13.2 Å². The van der Waals surface area contributed by atoms with E-state index in [1.165, 1.54) is 5.56 Å². The molecule has 0 spiro atoms. The Balaban J connectivity index is 2.83. The fourth-order valence-corrected chi connectivity index (χ4v) is 1.57. The third-order valence-electron chi connectivity index (χ3n) is 1.80. The van der Waals surface area contributed by atoms with Crippen LogP contribution in [0.3, 0.4) is 0 Å². The number of ether oxygens (including phenoxy) is 1. The highest BCUT2D eigenvalue weighted by Gasteiger charge is 2.02. The van der Waals surface area contributed by atoms with Crippen molar-refractivity contribution in [3.8, 4) is 5.75 Å². The summed E-state index contributed by atoms with van der Waals surface area (Å²) in [4.78, 5) is 0.862. The summed E-state index contributed by atoms with van der Waals surface area (Å²) in [5, 5.41) is 0. The lowest BCUT2D eigenvalue weighted by Gasteiger charge is -2.08. The highest BCUT2D eigenvalue weighted by Crippen LogP contribution is 2.23. The molecule has 72 valence electrons. The molecule has 1 aromatic rings. The fourth-order valence-electron chi connectivity index (χ4n) is 1.23. The SMILES string of the molecule is COc1ccc(C[C@@H](C)N)cc1S. The first kappa shape index (κ1) is 10.4. The molecule has 1 atom stereocenters. The number of hydrogen-bond donors (Lipinski definition) is 2. The zero-order valence-corrected chi connectivity index (χ0v) is 8.84. The van der Waals surface area contributed by atoms with Crippen molar-refractivity contribution in [2.24, 2.45) is 5.73 Å². The number of methoxy groups -OCH3 is 1. The molecule has 0 saturated carbocycles. The Morgan fingerprint density at radius 1 is 1.54 bits per heavy atom. The molecule has 0 saturated heterocycles. The van der Waals surface area contributed by atoms with Gasteiger partial charge in [0.25, 0.3) is 0 Å². The van der Waals surface area contributed by atoms with E-state index < -0.39 is 0 Å². The Labute approximate surface area is 84.5 Å². The lowest BCUT2D eigenvalue weighted by molar-refractivity contribution is 0.404. The summed E-state index contributed by atoms with van der Waals surface area (Å²) >= 11 is 4.30. The van der Waals surface area contributed by atoms with Crippen LogP contribution >= 0.6 is 12.6 Å². The van der Waals surface area contributed by atoms with Crippen LogP contribution < -0.4 is 10.5 Å². The minimum atomic E-state index is 0.182. The molecule has 0 bridgehead atoms. The summed E-state index contributed by atoms with van der Waals surface area (Å²) in [6.07, 6.45) is 0.873. The van der Waals surface area contributed by atoms with Crippen LogP contribution in [0.4, 0.5) is 0 Å². The largest absolute Gasteiger partial charge is 0.496 e. The minimum absolute atomic E-state index is 0.182. The van der Waals surface area contributed by atoms with Crippen LogP contribution in [0.1, 0.15) is 12.5 Å². The van der Waals surface area contributed by atoms with Crippen molar-refractivity contribution >= 4 is 12.6 Å². The highest BCUT2D eigenvalue weighted by atomic mass is 32.1. The maximum atomic E-state index is 5.69. The number of rotatable bonds is 3. The van der Waals surface area contributed by atoms with Gasteiger partial charge in [0, 0.05) is 10.9 Å². The Morgan fingerprint density at radius 2 is 2.23 bits per heavy atom. The molecule has 1 rings (SSSR count). The maximum Gasteiger partial charge on any atom is 0.132 e. The van der Waals surface area contributed by atoms with Gasteiger partial charge in [0.1, 0.15) is 5.75 Å². The van der Waals surface area contributed by atoms with Crippen molar-refractivity contribution in [2.75, 3.05) is 7.11 Å². The van der Waals surface area contributed by atoms with E-state index in [0.717, 1.165) is 17.1 Å². The van der Waals surface area contributed by atoms with Crippen LogP contribution in [0.15, 0.2) is 23.1 Å². The average Bonchev–Trinajstić information content (AvgIpc) is 2.03. The topological polar surface area (TPSA) is 35.2 Å². The van der Waals surface area contributed by atoms with Crippen LogP contribution in [-0.2, 0) is 6.42 Å². The van der Waals surface area contributed by atoms with Crippen LogP contribution in [0, 0.1) is 0 Å². The summed E-state index contributed by atoms with van der Waals surface area (Å²) in [7, 11) is 1.64. The molecule has 0 aliphatic rings. The zero-order valence-electron chi connectivity index (χ0n) is 7.95. The normalized spacial score (nSPS) is 12.6. The van der Waals surface area contributed by atoms with Gasteiger partial charge >= 0.3 is 0 Å². The summed E-state index contributed by atoms with van der Waals surface area (Å²) in [6.45, 7) is 1.99. The molecule has 0 aliphatic heterocycles. The van der Waals surface area contributed by atoms with Gasteiger partial charge in [-0.25, -0.2) is 0 Å². The maximum absolute atomic E-state index is 5.69. The molecule has 0 unspecified atom stereocenters. The molecular weight excluding hydrogens is 182 g/mol. The summed E-state index contributed by atoms with van der Waals surface area (Å²) < 4.78 is 5.10. The predicted octanol–water partition coefficient (Wildman–Crippen LogP) is 1.87. The van der Waals surface area contributed by atoms with E-state index in [1.54, 1.807) is 7.11 Å². The van der Waals surface area contributed by atoms with Crippen molar-refractivity contribution in [2.45, 2.75) is 24.3 Å². The van der Waals surface area contributed by atoms with Crippen molar-refractivity contribution in [1.29, 1.82) is 0 Å². The molecule has 2 nitrogen and oxygen atoms in total. The van der Waals surface area contributed by atoms with E-state index in [4.69, 9.17) is 10.5 Å². The van der Waals surface area contributed by atoms with Gasteiger partial charge in [0.15, 0.2) is 0 Å². The first-order chi connectivity index (χ1) is 6.13.